The molecule has 3 aliphatic rings. The first-order valence-corrected chi connectivity index (χ1v) is 13.7. The molecule has 0 radical (unpaired) electrons. The Balaban J connectivity index is 1.21. The lowest BCUT2D eigenvalue weighted by Crippen LogP contribution is -2.40. The number of hydrogen-bond acceptors (Lipinski definition) is 7. The summed E-state index contributed by atoms with van der Waals surface area (Å²) in [6.45, 7) is 5.41. The molecule has 2 aromatic rings. The summed E-state index contributed by atoms with van der Waals surface area (Å²) in [6.07, 6.45) is 6.22. The van der Waals surface area contributed by atoms with Gasteiger partial charge in [-0.1, -0.05) is 5.16 Å². The van der Waals surface area contributed by atoms with E-state index >= 15 is 0 Å². The van der Waals surface area contributed by atoms with Crippen LogP contribution in [0.4, 0.5) is 8.78 Å². The Morgan fingerprint density at radius 2 is 1.97 bits per heavy atom. The SMILES string of the molecule is Cc1nc2n(c(=O)c1CCN1CCC(/C(=N/O)c3ccc(F)cc3F)CC1)CCCC2OC1CCCCO1. The molecule has 1 N–H and O–H groups in total. The molecule has 0 aliphatic carbocycles. The maximum Gasteiger partial charge on any atom is 0.257 e. The maximum absolute atomic E-state index is 14.3. The molecular formula is C28H36F2N4O4. The van der Waals surface area contributed by atoms with Crippen molar-refractivity contribution in [1.29, 1.82) is 0 Å². The molecule has 0 saturated carbocycles. The Hall–Kier alpha value is -2.69. The van der Waals surface area contributed by atoms with Crippen molar-refractivity contribution >= 4 is 5.71 Å². The number of aryl methyl sites for hydroxylation is 1. The summed E-state index contributed by atoms with van der Waals surface area (Å²) in [5.74, 6) is -0.807. The lowest BCUT2D eigenvalue weighted by atomic mass is 9.88. The van der Waals surface area contributed by atoms with E-state index in [1.54, 1.807) is 4.57 Å². The summed E-state index contributed by atoms with van der Waals surface area (Å²) in [6, 6.07) is 3.30. The molecule has 3 aliphatic heterocycles. The second-order valence-electron chi connectivity index (χ2n) is 10.5. The van der Waals surface area contributed by atoms with Gasteiger partial charge in [0.2, 0.25) is 0 Å². The minimum absolute atomic E-state index is 0.0155. The van der Waals surface area contributed by atoms with Crippen LogP contribution in [0.3, 0.4) is 0 Å². The van der Waals surface area contributed by atoms with Crippen LogP contribution in [0.15, 0.2) is 28.1 Å². The Morgan fingerprint density at radius 3 is 2.68 bits per heavy atom. The molecule has 0 bridgehead atoms. The van der Waals surface area contributed by atoms with E-state index in [2.05, 4.69) is 10.1 Å². The molecule has 2 unspecified atom stereocenters. The van der Waals surface area contributed by atoms with Crippen LogP contribution in [0.25, 0.3) is 0 Å². The molecule has 1 aromatic carbocycles. The first-order chi connectivity index (χ1) is 18.4. The normalized spacial score (nSPS) is 23.4. The summed E-state index contributed by atoms with van der Waals surface area (Å²) in [5, 5.41) is 12.9. The molecule has 0 spiro atoms. The average molecular weight is 531 g/mol. The van der Waals surface area contributed by atoms with E-state index in [9.17, 15) is 18.8 Å². The number of hydrogen-bond donors (Lipinski definition) is 1. The van der Waals surface area contributed by atoms with Crippen LogP contribution in [0.1, 0.15) is 73.7 Å². The van der Waals surface area contributed by atoms with Crippen molar-refractivity contribution in [2.75, 3.05) is 26.2 Å². The third-order valence-corrected chi connectivity index (χ3v) is 8.06. The van der Waals surface area contributed by atoms with Crippen LogP contribution >= 0.6 is 0 Å². The van der Waals surface area contributed by atoms with E-state index < -0.39 is 11.6 Å². The Morgan fingerprint density at radius 1 is 1.16 bits per heavy atom. The van der Waals surface area contributed by atoms with Gasteiger partial charge in [0.1, 0.15) is 23.6 Å². The van der Waals surface area contributed by atoms with Crippen LogP contribution in [0, 0.1) is 24.5 Å². The highest BCUT2D eigenvalue weighted by atomic mass is 19.1. The van der Waals surface area contributed by atoms with Gasteiger partial charge in [0.05, 0.1) is 5.71 Å². The fourth-order valence-electron chi connectivity index (χ4n) is 5.92. The zero-order valence-corrected chi connectivity index (χ0v) is 21.9. The predicted molar refractivity (Wildman–Crippen MR) is 137 cm³/mol. The molecule has 10 heteroatoms. The van der Waals surface area contributed by atoms with Crippen molar-refractivity contribution in [2.24, 2.45) is 11.1 Å². The quantitative estimate of drug-likeness (QED) is 0.326. The van der Waals surface area contributed by atoms with Gasteiger partial charge in [0.25, 0.3) is 5.56 Å². The second-order valence-corrected chi connectivity index (χ2v) is 10.5. The molecule has 2 fully saturated rings. The summed E-state index contributed by atoms with van der Waals surface area (Å²) in [4.78, 5) is 20.6. The molecule has 1 aromatic heterocycles. The van der Waals surface area contributed by atoms with Crippen molar-refractivity contribution in [2.45, 2.75) is 77.2 Å². The van der Waals surface area contributed by atoms with E-state index in [1.807, 2.05) is 6.92 Å². The smallest absolute Gasteiger partial charge is 0.257 e. The first-order valence-electron chi connectivity index (χ1n) is 13.7. The van der Waals surface area contributed by atoms with Crippen LogP contribution in [-0.2, 0) is 22.4 Å². The Labute approximate surface area is 221 Å². The second kappa shape index (κ2) is 12.0. The molecular weight excluding hydrogens is 494 g/mol. The van der Waals surface area contributed by atoms with Crippen LogP contribution < -0.4 is 5.56 Å². The molecule has 2 saturated heterocycles. The number of halogens is 2. The number of benzene rings is 1. The Kier molecular flexibility index (Phi) is 8.50. The third-order valence-electron chi connectivity index (χ3n) is 8.06. The van der Waals surface area contributed by atoms with Crippen molar-refractivity contribution in [1.82, 2.24) is 14.5 Å². The van der Waals surface area contributed by atoms with E-state index in [-0.39, 0.29) is 35.1 Å². The maximum atomic E-state index is 14.3. The number of oxime groups is 1. The lowest BCUT2D eigenvalue weighted by Gasteiger charge is -2.33. The number of fused-ring (bicyclic) bond motifs is 1. The number of rotatable bonds is 7. The topological polar surface area (TPSA) is 89.2 Å². The largest absolute Gasteiger partial charge is 0.411 e. The van der Waals surface area contributed by atoms with Gasteiger partial charge in [0, 0.05) is 48.5 Å². The number of ether oxygens (including phenoxy) is 2. The zero-order chi connectivity index (χ0) is 26.6. The number of likely N-dealkylation sites (tertiary alicyclic amines) is 1. The van der Waals surface area contributed by atoms with Crippen LogP contribution in [0.5, 0.6) is 0 Å². The zero-order valence-electron chi connectivity index (χ0n) is 21.9. The monoisotopic (exact) mass is 530 g/mol. The lowest BCUT2D eigenvalue weighted by molar-refractivity contribution is -0.195. The van der Waals surface area contributed by atoms with E-state index in [0.29, 0.717) is 44.8 Å². The number of nitrogens with zero attached hydrogens (tertiary/aromatic N) is 4. The van der Waals surface area contributed by atoms with Gasteiger partial charge in [-0.15, -0.1) is 0 Å². The number of aromatic nitrogens is 2. The van der Waals surface area contributed by atoms with E-state index in [4.69, 9.17) is 14.5 Å². The minimum Gasteiger partial charge on any atom is -0.411 e. The van der Waals surface area contributed by atoms with Crippen molar-refractivity contribution in [3.8, 4) is 0 Å². The number of piperidine rings is 1. The molecule has 38 heavy (non-hydrogen) atoms. The standard InChI is InChI=1S/C28H36F2N4O4/c1-18-21(28(35)34-12-4-5-24(27(34)31-18)38-25-6-2-3-16-37-25)11-15-33-13-9-19(10-14-33)26(32-36)22-8-7-20(29)17-23(22)30/h7-8,17,19,24-25,36H,2-6,9-16H2,1H3/b32-26-. The van der Waals surface area contributed by atoms with Crippen molar-refractivity contribution in [3.63, 3.8) is 0 Å². The van der Waals surface area contributed by atoms with Crippen LogP contribution in [0.2, 0.25) is 0 Å². The summed E-state index contributed by atoms with van der Waals surface area (Å²) in [7, 11) is 0. The van der Waals surface area contributed by atoms with Gasteiger partial charge in [-0.05, 0) is 83.5 Å². The van der Waals surface area contributed by atoms with E-state index in [1.165, 1.54) is 12.1 Å². The van der Waals surface area contributed by atoms with Crippen LogP contribution in [-0.4, -0.2) is 57.9 Å². The highest BCUT2D eigenvalue weighted by Gasteiger charge is 2.30. The Bertz CT molecular complexity index is 1220. The molecule has 2 atom stereocenters. The summed E-state index contributed by atoms with van der Waals surface area (Å²) < 4.78 is 41.3. The average Bonchev–Trinajstić information content (AvgIpc) is 2.92. The van der Waals surface area contributed by atoms with E-state index in [0.717, 1.165) is 62.5 Å². The molecule has 206 valence electrons. The van der Waals surface area contributed by atoms with Gasteiger partial charge in [0.15, 0.2) is 6.29 Å². The van der Waals surface area contributed by atoms with Crippen molar-refractivity contribution < 1.29 is 23.5 Å². The predicted octanol–water partition coefficient (Wildman–Crippen LogP) is 4.34. The highest BCUT2D eigenvalue weighted by Crippen LogP contribution is 2.30. The molecule has 4 heterocycles. The molecule has 8 nitrogen and oxygen atoms in total. The summed E-state index contributed by atoms with van der Waals surface area (Å²) >= 11 is 0. The molecule has 0 amide bonds. The fraction of sp³-hybridized carbons (Fsp3) is 0.607. The van der Waals surface area contributed by atoms with Gasteiger partial charge in [-0.3, -0.25) is 9.36 Å². The molecule has 5 rings (SSSR count). The van der Waals surface area contributed by atoms with Gasteiger partial charge in [-0.2, -0.15) is 0 Å². The third kappa shape index (κ3) is 5.82. The highest BCUT2D eigenvalue weighted by molar-refractivity contribution is 6.02. The van der Waals surface area contributed by atoms with Gasteiger partial charge in [-0.25, -0.2) is 13.8 Å². The fourth-order valence-corrected chi connectivity index (χ4v) is 5.92. The van der Waals surface area contributed by atoms with Crippen molar-refractivity contribution in [3.05, 3.63) is 62.8 Å². The van der Waals surface area contributed by atoms with Gasteiger partial charge < -0.3 is 19.6 Å². The first kappa shape index (κ1) is 26.9. The van der Waals surface area contributed by atoms with Gasteiger partial charge >= 0.3 is 0 Å². The summed E-state index contributed by atoms with van der Waals surface area (Å²) in [5.41, 5.74) is 1.88. The minimum atomic E-state index is -0.727.